The van der Waals surface area contributed by atoms with Gasteiger partial charge in [-0.25, -0.2) is 5.10 Å². The molecule has 0 bridgehead atoms. The number of halogens is 2. The Balaban J connectivity index is 0.00000161. The first-order valence-corrected chi connectivity index (χ1v) is 5.91. The summed E-state index contributed by atoms with van der Waals surface area (Å²) in [5.41, 5.74) is 1.38. The van der Waals surface area contributed by atoms with Crippen LogP contribution in [-0.2, 0) is 5.92 Å². The number of benzene rings is 2. The summed E-state index contributed by atoms with van der Waals surface area (Å²) >= 11 is 0. The van der Waals surface area contributed by atoms with E-state index in [0.717, 1.165) is 5.56 Å². The second-order valence-corrected chi connectivity index (χ2v) is 4.22. The minimum absolute atomic E-state index is 0. The summed E-state index contributed by atoms with van der Waals surface area (Å²) in [6.45, 7) is 0. The molecule has 0 aliphatic rings. The van der Waals surface area contributed by atoms with Crippen molar-refractivity contribution in [1.29, 1.82) is 0 Å². The summed E-state index contributed by atoms with van der Waals surface area (Å²) in [4.78, 5) is 0. The molecule has 7 heteroatoms. The topological polar surface area (TPSA) is 52.8 Å². The van der Waals surface area contributed by atoms with E-state index in [1.54, 1.807) is 12.1 Å². The quantitative estimate of drug-likeness (QED) is 0.619. The van der Waals surface area contributed by atoms with Crippen molar-refractivity contribution < 1.29 is 38.3 Å². The van der Waals surface area contributed by atoms with Gasteiger partial charge in [0.1, 0.15) is 5.82 Å². The summed E-state index contributed by atoms with van der Waals surface area (Å²) in [6.07, 6.45) is 0. The number of rotatable bonds is 3. The largest absolute Gasteiger partial charge is 1.00 e. The van der Waals surface area contributed by atoms with Crippen LogP contribution in [0.2, 0.25) is 0 Å². The van der Waals surface area contributed by atoms with Crippen LogP contribution in [0.5, 0.6) is 0 Å². The Hall–Kier alpha value is -1.63. The molecule has 21 heavy (non-hydrogen) atoms. The Morgan fingerprint density at radius 1 is 0.905 bits per heavy atom. The van der Waals surface area contributed by atoms with Gasteiger partial charge >= 0.3 is 35.5 Å². The number of aromatic nitrogens is 4. The van der Waals surface area contributed by atoms with Crippen LogP contribution >= 0.6 is 0 Å². The first-order chi connectivity index (χ1) is 9.68. The fraction of sp³-hybridized carbons (Fsp3) is 0.0714. The van der Waals surface area contributed by atoms with Crippen LogP contribution < -0.4 is 34.8 Å². The van der Waals surface area contributed by atoms with E-state index in [-0.39, 0.29) is 35.1 Å². The molecule has 1 heterocycles. The average Bonchev–Trinajstić information content (AvgIpc) is 3.03. The van der Waals surface area contributed by atoms with Crippen molar-refractivity contribution in [2.24, 2.45) is 0 Å². The molecule has 0 unspecified atom stereocenters. The zero-order chi connectivity index (χ0) is 14.0. The number of nitrogens with zero attached hydrogens (tertiary/aromatic N) is 4. The molecule has 0 radical (unpaired) electrons. The molecule has 0 N–H and O–H groups in total. The van der Waals surface area contributed by atoms with Gasteiger partial charge in [0, 0.05) is 5.56 Å². The SMILES string of the molecule is FC(F)(c1cccc(-c2ccccc2)c1)c1nn[n-]n1.[Na+]. The van der Waals surface area contributed by atoms with E-state index >= 15 is 0 Å². The second kappa shape index (κ2) is 6.43. The van der Waals surface area contributed by atoms with Crippen molar-refractivity contribution in [2.75, 3.05) is 0 Å². The molecule has 3 aromatic rings. The molecule has 0 aliphatic carbocycles. The van der Waals surface area contributed by atoms with Crippen LogP contribution in [0.4, 0.5) is 8.78 Å². The van der Waals surface area contributed by atoms with Crippen molar-refractivity contribution in [3.63, 3.8) is 0 Å². The van der Waals surface area contributed by atoms with E-state index in [2.05, 4.69) is 20.6 Å². The van der Waals surface area contributed by atoms with Gasteiger partial charge < -0.3 is 5.10 Å². The minimum atomic E-state index is -3.31. The predicted molar refractivity (Wildman–Crippen MR) is 68.0 cm³/mol. The van der Waals surface area contributed by atoms with Gasteiger partial charge in [-0.3, -0.25) is 10.4 Å². The Labute approximate surface area is 141 Å². The van der Waals surface area contributed by atoms with Crippen LogP contribution in [0.3, 0.4) is 0 Å². The molecular weight excluding hydrogens is 285 g/mol. The maximum atomic E-state index is 14.2. The molecule has 0 atom stereocenters. The van der Waals surface area contributed by atoms with Crippen LogP contribution in [0, 0.1) is 0 Å². The molecule has 0 amide bonds. The molecular formula is C14H9F2N4Na. The third-order valence-corrected chi connectivity index (χ3v) is 2.93. The maximum Gasteiger partial charge on any atom is 1.00 e. The first-order valence-electron chi connectivity index (χ1n) is 5.91. The van der Waals surface area contributed by atoms with Gasteiger partial charge in [-0.1, -0.05) is 48.5 Å². The van der Waals surface area contributed by atoms with Gasteiger partial charge in [-0.2, -0.15) is 8.78 Å². The van der Waals surface area contributed by atoms with Crippen LogP contribution in [-0.4, -0.2) is 15.4 Å². The average molecular weight is 294 g/mol. The molecule has 0 spiro atoms. The van der Waals surface area contributed by atoms with E-state index in [1.165, 1.54) is 12.1 Å². The van der Waals surface area contributed by atoms with Crippen LogP contribution in [0.15, 0.2) is 54.6 Å². The van der Waals surface area contributed by atoms with E-state index in [1.807, 2.05) is 30.3 Å². The third-order valence-electron chi connectivity index (χ3n) is 2.93. The third kappa shape index (κ3) is 3.18. The number of tetrazole rings is 1. The van der Waals surface area contributed by atoms with E-state index in [4.69, 9.17) is 0 Å². The Morgan fingerprint density at radius 3 is 2.29 bits per heavy atom. The normalized spacial score (nSPS) is 11.0. The Bertz CT molecular complexity index is 702. The molecule has 1 aromatic heterocycles. The standard InChI is InChI=1S/C14H9F2N4.Na/c15-14(16,13-17-19-20-18-13)12-8-4-7-11(9-12)10-5-2-1-3-6-10;/h1-9H;/q-1;+1. The fourth-order valence-electron chi connectivity index (χ4n) is 1.92. The number of alkyl halides is 2. The van der Waals surface area contributed by atoms with Crippen molar-refractivity contribution in [3.8, 4) is 11.1 Å². The fourth-order valence-corrected chi connectivity index (χ4v) is 1.92. The molecule has 2 aromatic carbocycles. The zero-order valence-corrected chi connectivity index (χ0v) is 13.2. The van der Waals surface area contributed by atoms with Crippen LogP contribution in [0.25, 0.3) is 11.1 Å². The van der Waals surface area contributed by atoms with Gasteiger partial charge in [0.15, 0.2) is 0 Å². The molecule has 4 nitrogen and oxygen atoms in total. The van der Waals surface area contributed by atoms with Gasteiger partial charge in [0.2, 0.25) is 0 Å². The smallest absolute Gasteiger partial charge is 0.329 e. The molecule has 0 fully saturated rings. The molecule has 0 aliphatic heterocycles. The second-order valence-electron chi connectivity index (χ2n) is 4.22. The Morgan fingerprint density at radius 2 is 1.62 bits per heavy atom. The number of hydrogen-bond acceptors (Lipinski definition) is 3. The minimum Gasteiger partial charge on any atom is -0.329 e. The van der Waals surface area contributed by atoms with Gasteiger partial charge in [0.05, 0.1) is 0 Å². The maximum absolute atomic E-state index is 14.2. The first kappa shape index (κ1) is 15.8. The van der Waals surface area contributed by atoms with Gasteiger partial charge in [-0.05, 0) is 17.2 Å². The van der Waals surface area contributed by atoms with Crippen molar-refractivity contribution in [3.05, 3.63) is 66.0 Å². The van der Waals surface area contributed by atoms with Crippen molar-refractivity contribution >= 4 is 0 Å². The molecule has 0 saturated carbocycles. The van der Waals surface area contributed by atoms with Crippen molar-refractivity contribution in [2.45, 2.75) is 5.92 Å². The Kier molecular flexibility index (Phi) is 4.82. The molecule has 0 saturated heterocycles. The van der Waals surface area contributed by atoms with Gasteiger partial charge in [0.25, 0.3) is 0 Å². The summed E-state index contributed by atoms with van der Waals surface area (Å²) < 4.78 is 28.4. The predicted octanol–water partition coefficient (Wildman–Crippen LogP) is -0.360. The molecule has 3 rings (SSSR count). The monoisotopic (exact) mass is 294 g/mol. The van der Waals surface area contributed by atoms with E-state index < -0.39 is 11.7 Å². The van der Waals surface area contributed by atoms with Crippen LogP contribution in [0.1, 0.15) is 11.4 Å². The summed E-state index contributed by atoms with van der Waals surface area (Å²) in [5, 5.41) is 12.7. The van der Waals surface area contributed by atoms with E-state index in [9.17, 15) is 8.78 Å². The summed E-state index contributed by atoms with van der Waals surface area (Å²) in [6, 6.07) is 15.4. The molecule has 100 valence electrons. The van der Waals surface area contributed by atoms with Crippen molar-refractivity contribution in [1.82, 2.24) is 20.6 Å². The zero-order valence-electron chi connectivity index (χ0n) is 11.2. The summed E-state index contributed by atoms with van der Waals surface area (Å²) in [5.74, 6) is -4.00. The van der Waals surface area contributed by atoms with Gasteiger partial charge in [-0.15, -0.1) is 0 Å². The van der Waals surface area contributed by atoms with E-state index in [0.29, 0.717) is 5.56 Å². The summed E-state index contributed by atoms with van der Waals surface area (Å²) in [7, 11) is 0. The number of hydrogen-bond donors (Lipinski definition) is 0.